The number of rotatable bonds is 3. The molecule has 2 aromatic rings. The second kappa shape index (κ2) is 6.98. The Morgan fingerprint density at radius 3 is 2.74 bits per heavy atom. The fraction of sp³-hybridized carbons (Fsp3) is 0.464. The summed E-state index contributed by atoms with van der Waals surface area (Å²) < 4.78 is 12.2. The van der Waals surface area contributed by atoms with Crippen molar-refractivity contribution in [2.45, 2.75) is 53.4 Å². The molecule has 1 aliphatic heterocycles. The first-order valence-electron chi connectivity index (χ1n) is 11.6. The van der Waals surface area contributed by atoms with E-state index in [-0.39, 0.29) is 10.8 Å². The van der Waals surface area contributed by atoms with E-state index in [2.05, 4.69) is 78.0 Å². The van der Waals surface area contributed by atoms with Crippen molar-refractivity contribution in [1.82, 2.24) is 4.98 Å². The minimum Gasteiger partial charge on any atom is -0.486 e. The molecule has 3 heteroatoms. The molecule has 2 heterocycles. The smallest absolute Gasteiger partial charge is 0.166 e. The Kier molecular flexibility index (Phi) is 4.58. The molecule has 0 amide bonds. The number of pyridine rings is 1. The van der Waals surface area contributed by atoms with Crippen LogP contribution in [0.5, 0.6) is 11.5 Å². The van der Waals surface area contributed by atoms with E-state index in [1.165, 1.54) is 27.5 Å². The summed E-state index contributed by atoms with van der Waals surface area (Å²) in [5.74, 6) is 2.65. The topological polar surface area (TPSA) is 31.4 Å². The monoisotopic (exact) mass is 415 g/mol. The van der Waals surface area contributed by atoms with Gasteiger partial charge in [0.1, 0.15) is 13.2 Å². The number of benzene rings is 1. The molecule has 0 radical (unpaired) electrons. The molecule has 0 spiro atoms. The quantitative estimate of drug-likeness (QED) is 0.513. The van der Waals surface area contributed by atoms with Crippen molar-refractivity contribution in [2.24, 2.45) is 17.3 Å². The third-order valence-electron chi connectivity index (χ3n) is 7.93. The summed E-state index contributed by atoms with van der Waals surface area (Å²) >= 11 is 0. The number of aromatic nitrogens is 1. The Labute approximate surface area is 185 Å². The van der Waals surface area contributed by atoms with Crippen LogP contribution in [0.1, 0.15) is 59.2 Å². The van der Waals surface area contributed by atoms with Crippen LogP contribution in [0.3, 0.4) is 0 Å². The van der Waals surface area contributed by atoms with Gasteiger partial charge < -0.3 is 9.47 Å². The standard InChI is InChI=1S/C28H33NO2/c1-7-12-28(6,17(2)3)20-10-8-9-19-23(20)25-22-18(11-13-29-25)16-21-26(31-15-14-30-21)24(22)27(19,4)5/h7-9,11-13,16-17,20H,10,14-15H2,1-6H3. The van der Waals surface area contributed by atoms with Crippen molar-refractivity contribution in [3.8, 4) is 11.5 Å². The number of allylic oxidation sites excluding steroid dienone is 6. The van der Waals surface area contributed by atoms with Gasteiger partial charge in [-0.25, -0.2) is 0 Å². The number of nitrogens with zero attached hydrogens (tertiary/aromatic N) is 1. The summed E-state index contributed by atoms with van der Waals surface area (Å²) in [7, 11) is 0. The first-order chi connectivity index (χ1) is 14.8. The lowest BCUT2D eigenvalue weighted by Crippen LogP contribution is -2.37. The molecule has 3 nitrogen and oxygen atoms in total. The normalized spacial score (nSPS) is 23.4. The van der Waals surface area contributed by atoms with Gasteiger partial charge in [-0.05, 0) is 59.3 Å². The van der Waals surface area contributed by atoms with E-state index in [1.54, 1.807) is 0 Å². The molecular weight excluding hydrogens is 382 g/mol. The maximum absolute atomic E-state index is 6.22. The Hall–Kier alpha value is -2.55. The Balaban J connectivity index is 1.86. The lowest BCUT2D eigenvalue weighted by molar-refractivity contribution is 0.169. The van der Waals surface area contributed by atoms with Crippen molar-refractivity contribution < 1.29 is 9.47 Å². The molecule has 3 aliphatic rings. The van der Waals surface area contributed by atoms with Crippen LogP contribution in [0.25, 0.3) is 16.3 Å². The molecule has 0 saturated carbocycles. The van der Waals surface area contributed by atoms with Gasteiger partial charge in [0, 0.05) is 22.6 Å². The summed E-state index contributed by atoms with van der Waals surface area (Å²) in [4.78, 5) is 5.01. The van der Waals surface area contributed by atoms with Crippen LogP contribution >= 0.6 is 0 Å². The highest BCUT2D eigenvalue weighted by Gasteiger charge is 2.46. The molecular formula is C28H33NO2. The summed E-state index contributed by atoms with van der Waals surface area (Å²) in [5, 5.41) is 2.43. The number of ether oxygens (including phenoxy) is 2. The SMILES string of the molecule is CC=CC(C)(C(C)C)C1CC=CC2=C1c1nccc3cc4c(c(c13)C2(C)C)OCCO4. The lowest BCUT2D eigenvalue weighted by Gasteiger charge is -2.47. The van der Waals surface area contributed by atoms with Gasteiger partial charge in [-0.1, -0.05) is 58.9 Å². The van der Waals surface area contributed by atoms with E-state index >= 15 is 0 Å². The number of hydrogen-bond acceptors (Lipinski definition) is 3. The van der Waals surface area contributed by atoms with Crippen molar-refractivity contribution in [1.29, 1.82) is 0 Å². The minimum atomic E-state index is -0.196. The van der Waals surface area contributed by atoms with Crippen LogP contribution in [-0.4, -0.2) is 18.2 Å². The molecule has 0 N–H and O–H groups in total. The van der Waals surface area contributed by atoms with Crippen molar-refractivity contribution in [3.05, 3.63) is 59.5 Å². The van der Waals surface area contributed by atoms with E-state index < -0.39 is 0 Å². The molecule has 5 rings (SSSR count). The van der Waals surface area contributed by atoms with Gasteiger partial charge in [0.05, 0.1) is 5.69 Å². The van der Waals surface area contributed by atoms with Crippen LogP contribution in [0.2, 0.25) is 0 Å². The second-order valence-electron chi connectivity index (χ2n) is 10.2. The van der Waals surface area contributed by atoms with Crippen LogP contribution < -0.4 is 9.47 Å². The van der Waals surface area contributed by atoms with Gasteiger partial charge in [-0.15, -0.1) is 0 Å². The zero-order chi connectivity index (χ0) is 22.0. The fourth-order valence-corrected chi connectivity index (χ4v) is 5.97. The Bertz CT molecular complexity index is 1150. The number of hydrogen-bond donors (Lipinski definition) is 0. The Morgan fingerprint density at radius 2 is 2.00 bits per heavy atom. The third kappa shape index (κ3) is 2.75. The third-order valence-corrected chi connectivity index (χ3v) is 7.93. The molecule has 2 unspecified atom stereocenters. The maximum atomic E-state index is 6.22. The van der Waals surface area contributed by atoms with Crippen molar-refractivity contribution in [2.75, 3.05) is 13.2 Å². The van der Waals surface area contributed by atoms with Crippen LogP contribution in [-0.2, 0) is 5.41 Å². The van der Waals surface area contributed by atoms with Crippen molar-refractivity contribution >= 4 is 16.3 Å². The molecule has 1 aromatic carbocycles. The average Bonchev–Trinajstić information content (AvgIpc) is 2.75. The number of fused-ring (bicyclic) bond motifs is 3. The van der Waals surface area contributed by atoms with Gasteiger partial charge in [-0.2, -0.15) is 0 Å². The highest BCUT2D eigenvalue weighted by atomic mass is 16.6. The first-order valence-corrected chi connectivity index (χ1v) is 11.6. The van der Waals surface area contributed by atoms with E-state index in [1.807, 2.05) is 6.20 Å². The average molecular weight is 416 g/mol. The zero-order valence-electron chi connectivity index (χ0n) is 19.6. The summed E-state index contributed by atoms with van der Waals surface area (Å²) in [6.07, 6.45) is 12.3. The molecule has 2 atom stereocenters. The highest BCUT2D eigenvalue weighted by Crippen LogP contribution is 2.59. The van der Waals surface area contributed by atoms with Gasteiger partial charge in [0.25, 0.3) is 0 Å². The van der Waals surface area contributed by atoms with E-state index in [0.717, 1.165) is 23.6 Å². The first kappa shape index (κ1) is 20.4. The van der Waals surface area contributed by atoms with Gasteiger partial charge >= 0.3 is 0 Å². The minimum absolute atomic E-state index is 0.0470. The van der Waals surface area contributed by atoms with Crippen LogP contribution in [0.15, 0.2) is 48.2 Å². The maximum Gasteiger partial charge on any atom is 0.166 e. The zero-order valence-corrected chi connectivity index (χ0v) is 19.6. The molecule has 0 saturated heterocycles. The largest absolute Gasteiger partial charge is 0.486 e. The Morgan fingerprint density at radius 1 is 1.23 bits per heavy atom. The molecule has 0 bridgehead atoms. The van der Waals surface area contributed by atoms with E-state index in [4.69, 9.17) is 14.5 Å². The molecule has 2 aliphatic carbocycles. The molecule has 1 aromatic heterocycles. The van der Waals surface area contributed by atoms with Gasteiger partial charge in [-0.3, -0.25) is 4.98 Å². The second-order valence-corrected chi connectivity index (χ2v) is 10.2. The molecule has 31 heavy (non-hydrogen) atoms. The summed E-state index contributed by atoms with van der Waals surface area (Å²) in [5.41, 5.74) is 4.99. The van der Waals surface area contributed by atoms with Crippen LogP contribution in [0.4, 0.5) is 0 Å². The van der Waals surface area contributed by atoms with Gasteiger partial charge in [0.2, 0.25) is 0 Å². The summed E-state index contributed by atoms with van der Waals surface area (Å²) in [6, 6.07) is 4.25. The van der Waals surface area contributed by atoms with E-state index in [0.29, 0.717) is 25.0 Å². The predicted octanol–water partition coefficient (Wildman–Crippen LogP) is 6.87. The molecule has 0 fully saturated rings. The molecule has 162 valence electrons. The predicted molar refractivity (Wildman–Crippen MR) is 128 cm³/mol. The highest BCUT2D eigenvalue weighted by molar-refractivity contribution is 6.03. The van der Waals surface area contributed by atoms with Crippen LogP contribution in [0, 0.1) is 17.3 Å². The summed E-state index contributed by atoms with van der Waals surface area (Å²) in [6.45, 7) is 15.1. The van der Waals surface area contributed by atoms with Gasteiger partial charge in [0.15, 0.2) is 11.5 Å². The lowest BCUT2D eigenvalue weighted by atomic mass is 9.57. The van der Waals surface area contributed by atoms with E-state index in [9.17, 15) is 0 Å². The fourth-order valence-electron chi connectivity index (χ4n) is 5.97. The van der Waals surface area contributed by atoms with Crippen molar-refractivity contribution in [3.63, 3.8) is 0 Å².